The van der Waals surface area contributed by atoms with Crippen molar-refractivity contribution in [3.8, 4) is 0 Å². The van der Waals surface area contributed by atoms with Gasteiger partial charge in [0.1, 0.15) is 0 Å². The summed E-state index contributed by atoms with van der Waals surface area (Å²) in [4.78, 5) is 0. The molecular weight excluding hydrogens is 270 g/mol. The van der Waals surface area contributed by atoms with Crippen LogP contribution >= 0.6 is 34.2 Å². The van der Waals surface area contributed by atoms with Gasteiger partial charge in [0.25, 0.3) is 0 Å². The van der Waals surface area contributed by atoms with Crippen LogP contribution in [0.3, 0.4) is 0 Å². The second-order valence-electron chi connectivity index (χ2n) is 2.95. The molecule has 0 heterocycles. The molecule has 0 bridgehead atoms. The first-order valence-corrected chi connectivity index (χ1v) is 5.18. The third kappa shape index (κ3) is 1.70. The van der Waals surface area contributed by atoms with Crippen LogP contribution in [0, 0.1) is 3.57 Å². The van der Waals surface area contributed by atoms with Crippen molar-refractivity contribution in [2.45, 2.75) is 18.8 Å². The van der Waals surface area contributed by atoms with E-state index in [4.69, 9.17) is 11.6 Å². The predicted octanol–water partition coefficient (Wildman–Crippen LogP) is 3.82. The van der Waals surface area contributed by atoms with Gasteiger partial charge in [0.2, 0.25) is 0 Å². The molecule has 0 saturated heterocycles. The minimum absolute atomic E-state index is 0.810. The average molecular weight is 279 g/mol. The summed E-state index contributed by atoms with van der Waals surface area (Å²) in [6.45, 7) is 0. The maximum atomic E-state index is 5.98. The van der Waals surface area contributed by atoms with E-state index in [1.165, 1.54) is 18.4 Å². The highest BCUT2D eigenvalue weighted by atomic mass is 127. The van der Waals surface area contributed by atoms with Crippen LogP contribution in [0.25, 0.3) is 0 Å². The second kappa shape index (κ2) is 2.94. The summed E-state index contributed by atoms with van der Waals surface area (Å²) in [7, 11) is 0. The van der Waals surface area contributed by atoms with Gasteiger partial charge in [-0.2, -0.15) is 0 Å². The first-order chi connectivity index (χ1) is 5.27. The van der Waals surface area contributed by atoms with E-state index >= 15 is 0 Å². The van der Waals surface area contributed by atoms with Crippen LogP contribution in [0.1, 0.15) is 24.3 Å². The minimum Gasteiger partial charge on any atom is -0.0832 e. The Balaban J connectivity index is 2.36. The lowest BCUT2D eigenvalue weighted by Gasteiger charge is -1.99. The van der Waals surface area contributed by atoms with Crippen LogP contribution in [-0.2, 0) is 0 Å². The van der Waals surface area contributed by atoms with Gasteiger partial charge in [0.15, 0.2) is 0 Å². The van der Waals surface area contributed by atoms with Crippen molar-refractivity contribution in [3.05, 3.63) is 32.4 Å². The van der Waals surface area contributed by atoms with Crippen molar-refractivity contribution in [1.82, 2.24) is 0 Å². The third-order valence-corrected chi connectivity index (χ3v) is 3.56. The van der Waals surface area contributed by atoms with Crippen molar-refractivity contribution in [2.24, 2.45) is 0 Å². The maximum Gasteiger partial charge on any atom is 0.0542 e. The van der Waals surface area contributed by atoms with Crippen molar-refractivity contribution in [1.29, 1.82) is 0 Å². The van der Waals surface area contributed by atoms with Gasteiger partial charge in [0.05, 0.1) is 5.02 Å². The molecule has 11 heavy (non-hydrogen) atoms. The average Bonchev–Trinajstić information content (AvgIpc) is 2.77. The molecule has 1 aromatic rings. The second-order valence-corrected chi connectivity index (χ2v) is 4.52. The molecule has 0 nitrogen and oxygen atoms in total. The summed E-state index contributed by atoms with van der Waals surface area (Å²) in [5.41, 5.74) is 1.41. The summed E-state index contributed by atoms with van der Waals surface area (Å²) < 4.78 is 1.15. The van der Waals surface area contributed by atoms with Gasteiger partial charge in [-0.25, -0.2) is 0 Å². The standard InChI is InChI=1S/C9H8ClI/c10-8-5-7(6-1-2-6)3-4-9(8)11/h3-6H,1-2H2. The summed E-state index contributed by atoms with van der Waals surface area (Å²) in [5.74, 6) is 0.810. The quantitative estimate of drug-likeness (QED) is 0.685. The van der Waals surface area contributed by atoms with E-state index in [9.17, 15) is 0 Å². The molecule has 1 fully saturated rings. The highest BCUT2D eigenvalue weighted by molar-refractivity contribution is 14.1. The zero-order chi connectivity index (χ0) is 7.84. The Hall–Kier alpha value is 0.240. The number of halogens is 2. The summed E-state index contributed by atoms with van der Waals surface area (Å²) >= 11 is 8.23. The van der Waals surface area contributed by atoms with E-state index < -0.39 is 0 Å². The summed E-state index contributed by atoms with van der Waals surface area (Å²) in [5, 5.41) is 0.898. The van der Waals surface area contributed by atoms with Crippen LogP contribution in [0.5, 0.6) is 0 Å². The van der Waals surface area contributed by atoms with Gasteiger partial charge in [0, 0.05) is 3.57 Å². The molecule has 0 N–H and O–H groups in total. The van der Waals surface area contributed by atoms with Crippen LogP contribution in [0.2, 0.25) is 5.02 Å². The molecule has 58 valence electrons. The molecular formula is C9H8ClI. The minimum atomic E-state index is 0.810. The molecule has 0 amide bonds. The van der Waals surface area contributed by atoms with Crippen LogP contribution < -0.4 is 0 Å². The highest BCUT2D eigenvalue weighted by Crippen LogP contribution is 2.41. The molecule has 2 rings (SSSR count). The van der Waals surface area contributed by atoms with Crippen LogP contribution in [-0.4, -0.2) is 0 Å². The largest absolute Gasteiger partial charge is 0.0832 e. The fraction of sp³-hybridized carbons (Fsp3) is 0.333. The van der Waals surface area contributed by atoms with Crippen molar-refractivity contribution < 1.29 is 0 Å². The van der Waals surface area contributed by atoms with E-state index in [0.29, 0.717) is 0 Å². The fourth-order valence-electron chi connectivity index (χ4n) is 1.18. The first-order valence-electron chi connectivity index (χ1n) is 3.72. The van der Waals surface area contributed by atoms with Gasteiger partial charge < -0.3 is 0 Å². The molecule has 1 aliphatic rings. The molecule has 0 unspecified atom stereocenters. The molecule has 1 saturated carbocycles. The maximum absolute atomic E-state index is 5.98. The summed E-state index contributed by atoms with van der Waals surface area (Å²) in [6, 6.07) is 6.38. The molecule has 2 heteroatoms. The molecule has 0 aliphatic heterocycles. The van der Waals surface area contributed by atoms with Gasteiger partial charge in [-0.1, -0.05) is 17.7 Å². The van der Waals surface area contributed by atoms with E-state index in [2.05, 4.69) is 40.8 Å². The van der Waals surface area contributed by atoms with Gasteiger partial charge in [-0.05, 0) is 59.0 Å². The molecule has 0 spiro atoms. The Morgan fingerprint density at radius 3 is 2.64 bits per heavy atom. The Morgan fingerprint density at radius 2 is 2.09 bits per heavy atom. The molecule has 1 aromatic carbocycles. The highest BCUT2D eigenvalue weighted by Gasteiger charge is 2.23. The van der Waals surface area contributed by atoms with Crippen molar-refractivity contribution in [2.75, 3.05) is 0 Å². The van der Waals surface area contributed by atoms with Gasteiger partial charge >= 0.3 is 0 Å². The monoisotopic (exact) mass is 278 g/mol. The fourth-order valence-corrected chi connectivity index (χ4v) is 1.71. The van der Waals surface area contributed by atoms with Crippen molar-refractivity contribution in [3.63, 3.8) is 0 Å². The lowest BCUT2D eigenvalue weighted by Crippen LogP contribution is -1.80. The molecule has 0 aromatic heterocycles. The molecule has 0 atom stereocenters. The topological polar surface area (TPSA) is 0 Å². The number of benzene rings is 1. The zero-order valence-electron chi connectivity index (χ0n) is 5.98. The van der Waals surface area contributed by atoms with Gasteiger partial charge in [-0.3, -0.25) is 0 Å². The van der Waals surface area contributed by atoms with E-state index in [-0.39, 0.29) is 0 Å². The first kappa shape index (κ1) is 7.87. The Bertz CT molecular complexity index is 279. The Kier molecular flexibility index (Phi) is 2.10. The third-order valence-electron chi connectivity index (χ3n) is 1.99. The van der Waals surface area contributed by atoms with Crippen LogP contribution in [0.15, 0.2) is 18.2 Å². The number of rotatable bonds is 1. The zero-order valence-corrected chi connectivity index (χ0v) is 8.89. The Morgan fingerprint density at radius 1 is 1.36 bits per heavy atom. The lowest BCUT2D eigenvalue weighted by molar-refractivity contribution is 1.13. The molecule has 0 radical (unpaired) electrons. The van der Waals surface area contributed by atoms with Crippen molar-refractivity contribution >= 4 is 34.2 Å². The van der Waals surface area contributed by atoms with E-state index in [1.54, 1.807) is 0 Å². The summed E-state index contributed by atoms with van der Waals surface area (Å²) in [6.07, 6.45) is 2.69. The smallest absolute Gasteiger partial charge is 0.0542 e. The SMILES string of the molecule is Clc1cc(C2CC2)ccc1I. The van der Waals surface area contributed by atoms with Crippen LogP contribution in [0.4, 0.5) is 0 Å². The van der Waals surface area contributed by atoms with E-state index in [0.717, 1.165) is 14.5 Å². The Labute approximate surface area is 85.1 Å². The number of hydrogen-bond acceptors (Lipinski definition) is 0. The number of hydrogen-bond donors (Lipinski definition) is 0. The lowest BCUT2D eigenvalue weighted by atomic mass is 10.1. The van der Waals surface area contributed by atoms with E-state index in [1.807, 2.05) is 0 Å². The predicted molar refractivity (Wildman–Crippen MR) is 56.1 cm³/mol. The molecule has 1 aliphatic carbocycles. The van der Waals surface area contributed by atoms with Gasteiger partial charge in [-0.15, -0.1) is 0 Å². The normalized spacial score (nSPS) is 16.9.